The maximum atomic E-state index is 12.5. The third-order valence-corrected chi connectivity index (χ3v) is 4.28. The SMILES string of the molecule is COC(=O)CC1C(=O)N(C)CCC(C)(C)N1C1CC1. The monoisotopic (exact) mass is 268 g/mol. The second-order valence-electron chi connectivity index (χ2n) is 6.26. The summed E-state index contributed by atoms with van der Waals surface area (Å²) in [5.74, 6) is -0.266. The molecule has 2 fully saturated rings. The van der Waals surface area contributed by atoms with Gasteiger partial charge < -0.3 is 9.64 Å². The highest BCUT2D eigenvalue weighted by molar-refractivity contribution is 5.87. The maximum absolute atomic E-state index is 12.5. The van der Waals surface area contributed by atoms with Crippen LogP contribution in [0.15, 0.2) is 0 Å². The van der Waals surface area contributed by atoms with Crippen LogP contribution in [0, 0.1) is 0 Å². The summed E-state index contributed by atoms with van der Waals surface area (Å²) < 4.78 is 4.76. The van der Waals surface area contributed by atoms with Crippen molar-refractivity contribution in [3.05, 3.63) is 0 Å². The number of hydrogen-bond acceptors (Lipinski definition) is 4. The Bertz CT molecular complexity index is 377. The molecule has 108 valence electrons. The summed E-state index contributed by atoms with van der Waals surface area (Å²) in [6.45, 7) is 5.08. The van der Waals surface area contributed by atoms with Gasteiger partial charge in [0.05, 0.1) is 13.5 Å². The van der Waals surface area contributed by atoms with Crippen LogP contribution in [0.2, 0.25) is 0 Å². The van der Waals surface area contributed by atoms with Gasteiger partial charge in [0.1, 0.15) is 6.04 Å². The molecule has 1 saturated carbocycles. The average Bonchev–Trinajstić information content (AvgIpc) is 3.17. The summed E-state index contributed by atoms with van der Waals surface area (Å²) in [4.78, 5) is 28.1. The zero-order valence-corrected chi connectivity index (χ0v) is 12.3. The van der Waals surface area contributed by atoms with Crippen LogP contribution in [0.3, 0.4) is 0 Å². The number of likely N-dealkylation sites (N-methyl/N-ethyl adjacent to an activating group) is 1. The lowest BCUT2D eigenvalue weighted by atomic mass is 9.95. The Kier molecular flexibility index (Phi) is 3.85. The lowest BCUT2D eigenvalue weighted by Crippen LogP contribution is -2.54. The van der Waals surface area contributed by atoms with Gasteiger partial charge in [0.2, 0.25) is 5.91 Å². The molecular formula is C14H24N2O3. The van der Waals surface area contributed by atoms with Crippen LogP contribution in [-0.4, -0.2) is 60.0 Å². The molecule has 1 aliphatic heterocycles. The van der Waals surface area contributed by atoms with Crippen LogP contribution >= 0.6 is 0 Å². The Morgan fingerprint density at radius 2 is 2.05 bits per heavy atom. The van der Waals surface area contributed by atoms with Crippen molar-refractivity contribution in [3.8, 4) is 0 Å². The molecule has 0 bridgehead atoms. The molecule has 1 amide bonds. The maximum Gasteiger partial charge on any atom is 0.307 e. The van der Waals surface area contributed by atoms with Gasteiger partial charge in [-0.15, -0.1) is 0 Å². The number of rotatable bonds is 3. The molecular weight excluding hydrogens is 244 g/mol. The Morgan fingerprint density at radius 3 is 2.58 bits per heavy atom. The quantitative estimate of drug-likeness (QED) is 0.717. The van der Waals surface area contributed by atoms with E-state index >= 15 is 0 Å². The average molecular weight is 268 g/mol. The van der Waals surface area contributed by atoms with Crippen molar-refractivity contribution >= 4 is 11.9 Å². The Hall–Kier alpha value is -1.10. The second-order valence-corrected chi connectivity index (χ2v) is 6.26. The van der Waals surface area contributed by atoms with E-state index in [2.05, 4.69) is 18.7 Å². The summed E-state index contributed by atoms with van der Waals surface area (Å²) >= 11 is 0. The van der Waals surface area contributed by atoms with E-state index in [1.54, 1.807) is 4.90 Å². The van der Waals surface area contributed by atoms with Gasteiger partial charge in [-0.1, -0.05) is 0 Å². The Morgan fingerprint density at radius 1 is 1.42 bits per heavy atom. The topological polar surface area (TPSA) is 49.9 Å². The molecule has 0 aromatic carbocycles. The number of esters is 1. The summed E-state index contributed by atoms with van der Waals surface area (Å²) in [5, 5.41) is 0. The number of carbonyl (C=O) groups is 2. The number of hydrogen-bond donors (Lipinski definition) is 0. The van der Waals surface area contributed by atoms with Gasteiger partial charge in [-0.25, -0.2) is 0 Å². The predicted molar refractivity (Wildman–Crippen MR) is 71.6 cm³/mol. The van der Waals surface area contributed by atoms with Gasteiger partial charge in [-0.3, -0.25) is 14.5 Å². The van der Waals surface area contributed by atoms with E-state index in [1.165, 1.54) is 7.11 Å². The highest BCUT2D eigenvalue weighted by atomic mass is 16.5. The van der Waals surface area contributed by atoms with Crippen molar-refractivity contribution in [2.24, 2.45) is 0 Å². The zero-order valence-electron chi connectivity index (χ0n) is 12.3. The molecule has 1 heterocycles. The van der Waals surface area contributed by atoms with Gasteiger partial charge in [-0.05, 0) is 33.1 Å². The fourth-order valence-electron chi connectivity index (χ4n) is 3.00. The molecule has 2 aliphatic rings. The number of nitrogens with zero attached hydrogens (tertiary/aromatic N) is 2. The molecule has 2 rings (SSSR count). The van der Waals surface area contributed by atoms with Crippen molar-refractivity contribution in [1.82, 2.24) is 9.80 Å². The Balaban J connectivity index is 2.28. The third-order valence-electron chi connectivity index (χ3n) is 4.28. The standard InChI is InChI=1S/C14H24N2O3/c1-14(2)7-8-15(3)13(18)11(9-12(17)19-4)16(14)10-5-6-10/h10-11H,5-9H2,1-4H3. The molecule has 19 heavy (non-hydrogen) atoms. The first kappa shape index (κ1) is 14.3. The number of carbonyl (C=O) groups excluding carboxylic acids is 2. The smallest absolute Gasteiger partial charge is 0.307 e. The summed E-state index contributed by atoms with van der Waals surface area (Å²) in [7, 11) is 3.19. The van der Waals surface area contributed by atoms with E-state index in [4.69, 9.17) is 4.74 Å². The van der Waals surface area contributed by atoms with Crippen molar-refractivity contribution in [1.29, 1.82) is 0 Å². The van der Waals surface area contributed by atoms with Crippen molar-refractivity contribution in [3.63, 3.8) is 0 Å². The van der Waals surface area contributed by atoms with Crippen LogP contribution in [0.1, 0.15) is 39.5 Å². The summed E-state index contributed by atoms with van der Waals surface area (Å²) in [6, 6.07) is 0.0718. The largest absolute Gasteiger partial charge is 0.469 e. The molecule has 1 saturated heterocycles. The normalized spacial score (nSPS) is 28.1. The van der Waals surface area contributed by atoms with Crippen LogP contribution < -0.4 is 0 Å². The van der Waals surface area contributed by atoms with Crippen LogP contribution in [-0.2, 0) is 14.3 Å². The molecule has 1 unspecified atom stereocenters. The van der Waals surface area contributed by atoms with Gasteiger partial charge >= 0.3 is 5.97 Å². The third kappa shape index (κ3) is 2.91. The van der Waals surface area contributed by atoms with E-state index in [-0.39, 0.29) is 29.9 Å². The molecule has 1 atom stereocenters. The second kappa shape index (κ2) is 5.12. The van der Waals surface area contributed by atoms with E-state index in [9.17, 15) is 9.59 Å². The van der Waals surface area contributed by atoms with Gasteiger partial charge in [0, 0.05) is 25.2 Å². The first-order valence-electron chi connectivity index (χ1n) is 6.97. The van der Waals surface area contributed by atoms with Crippen LogP contribution in [0.4, 0.5) is 0 Å². The van der Waals surface area contributed by atoms with Crippen molar-refractivity contribution in [2.75, 3.05) is 20.7 Å². The minimum absolute atomic E-state index is 0.0443. The van der Waals surface area contributed by atoms with Gasteiger partial charge in [0.25, 0.3) is 0 Å². The first-order valence-corrected chi connectivity index (χ1v) is 6.97. The van der Waals surface area contributed by atoms with Crippen molar-refractivity contribution in [2.45, 2.75) is 57.2 Å². The van der Waals surface area contributed by atoms with Crippen LogP contribution in [0.5, 0.6) is 0 Å². The lowest BCUT2D eigenvalue weighted by Gasteiger charge is -2.41. The van der Waals surface area contributed by atoms with E-state index in [1.807, 2.05) is 7.05 Å². The molecule has 5 heteroatoms. The number of amides is 1. The summed E-state index contributed by atoms with van der Waals surface area (Å²) in [5.41, 5.74) is -0.0553. The van der Waals surface area contributed by atoms with E-state index in [0.717, 1.165) is 25.8 Å². The molecule has 5 nitrogen and oxygen atoms in total. The highest BCUT2D eigenvalue weighted by Gasteiger charge is 2.48. The number of methoxy groups -OCH3 is 1. The van der Waals surface area contributed by atoms with Gasteiger partial charge in [-0.2, -0.15) is 0 Å². The zero-order chi connectivity index (χ0) is 14.2. The summed E-state index contributed by atoms with van der Waals surface area (Å²) in [6.07, 6.45) is 3.33. The first-order chi connectivity index (χ1) is 8.86. The van der Waals surface area contributed by atoms with E-state index in [0.29, 0.717) is 6.04 Å². The molecule has 0 N–H and O–H groups in total. The number of ether oxygens (including phenoxy) is 1. The molecule has 0 aromatic rings. The minimum atomic E-state index is -0.373. The minimum Gasteiger partial charge on any atom is -0.469 e. The van der Waals surface area contributed by atoms with Crippen molar-refractivity contribution < 1.29 is 14.3 Å². The van der Waals surface area contributed by atoms with Gasteiger partial charge in [0.15, 0.2) is 0 Å². The predicted octanol–water partition coefficient (Wildman–Crippen LogP) is 1.02. The molecule has 0 aromatic heterocycles. The highest BCUT2D eigenvalue weighted by Crippen LogP contribution is 2.39. The molecule has 1 aliphatic carbocycles. The Labute approximate surface area is 114 Å². The van der Waals surface area contributed by atoms with Crippen LogP contribution in [0.25, 0.3) is 0 Å². The fraction of sp³-hybridized carbons (Fsp3) is 0.857. The van der Waals surface area contributed by atoms with E-state index < -0.39 is 0 Å². The fourth-order valence-corrected chi connectivity index (χ4v) is 3.00. The molecule has 0 radical (unpaired) electrons. The lowest BCUT2D eigenvalue weighted by molar-refractivity contribution is -0.148. The molecule has 0 spiro atoms.